The van der Waals surface area contributed by atoms with Gasteiger partial charge in [0.05, 0.1) is 12.2 Å². The van der Waals surface area contributed by atoms with E-state index < -0.39 is 0 Å². The quantitative estimate of drug-likeness (QED) is 0.646. The van der Waals surface area contributed by atoms with Crippen LogP contribution in [0.2, 0.25) is 0 Å². The van der Waals surface area contributed by atoms with Crippen molar-refractivity contribution in [1.29, 1.82) is 5.26 Å². The molecule has 1 aliphatic rings. The largest absolute Gasteiger partial charge is 0.378 e. The molecule has 1 aliphatic carbocycles. The molecular formula is C18H34N2O. The molecule has 0 amide bonds. The Labute approximate surface area is 131 Å². The molecule has 0 aliphatic heterocycles. The number of hydrogen-bond acceptors (Lipinski definition) is 3. The SMILES string of the molecule is CCCNC(C#N)(CC)CCCOC1CCC(C)C(C)C1. The zero-order valence-corrected chi connectivity index (χ0v) is 14.5. The number of rotatable bonds is 9. The van der Waals surface area contributed by atoms with Crippen molar-refractivity contribution in [2.75, 3.05) is 13.2 Å². The van der Waals surface area contributed by atoms with Gasteiger partial charge in [-0.05, 0) is 63.3 Å². The molecule has 0 saturated heterocycles. The number of nitriles is 1. The maximum absolute atomic E-state index is 9.46. The highest BCUT2D eigenvalue weighted by Gasteiger charge is 2.27. The van der Waals surface area contributed by atoms with Crippen LogP contribution in [0.1, 0.15) is 72.6 Å². The van der Waals surface area contributed by atoms with E-state index in [0.717, 1.165) is 50.7 Å². The van der Waals surface area contributed by atoms with Crippen LogP contribution in [0, 0.1) is 23.2 Å². The summed E-state index contributed by atoms with van der Waals surface area (Å²) in [4.78, 5) is 0. The van der Waals surface area contributed by atoms with E-state index in [0.29, 0.717) is 6.10 Å². The van der Waals surface area contributed by atoms with Gasteiger partial charge in [-0.15, -0.1) is 0 Å². The molecule has 3 nitrogen and oxygen atoms in total. The Kier molecular flexibility index (Phi) is 8.29. The Morgan fingerprint density at radius 3 is 2.57 bits per heavy atom. The molecule has 1 fully saturated rings. The minimum absolute atomic E-state index is 0.353. The Bertz CT molecular complexity index is 326. The second kappa shape index (κ2) is 9.43. The first kappa shape index (κ1) is 18.5. The van der Waals surface area contributed by atoms with Crippen LogP contribution in [-0.4, -0.2) is 24.8 Å². The lowest BCUT2D eigenvalue weighted by atomic mass is 9.80. The third kappa shape index (κ3) is 5.96. The van der Waals surface area contributed by atoms with Crippen LogP contribution < -0.4 is 5.32 Å². The van der Waals surface area contributed by atoms with Crippen LogP contribution in [0.5, 0.6) is 0 Å². The van der Waals surface area contributed by atoms with Crippen molar-refractivity contribution in [2.45, 2.75) is 84.3 Å². The smallest absolute Gasteiger partial charge is 0.106 e. The molecular weight excluding hydrogens is 260 g/mol. The van der Waals surface area contributed by atoms with Gasteiger partial charge in [0.15, 0.2) is 0 Å². The molecule has 0 aromatic rings. The molecule has 21 heavy (non-hydrogen) atoms. The molecule has 1 N–H and O–H groups in total. The van der Waals surface area contributed by atoms with Gasteiger partial charge in [0.2, 0.25) is 0 Å². The van der Waals surface area contributed by atoms with Gasteiger partial charge in [-0.2, -0.15) is 5.26 Å². The third-order valence-electron chi connectivity index (χ3n) is 5.18. The predicted octanol–water partition coefficient (Wildman–Crippen LogP) is 4.28. The molecule has 1 rings (SSSR count). The molecule has 4 atom stereocenters. The van der Waals surface area contributed by atoms with Crippen LogP contribution in [0.25, 0.3) is 0 Å². The highest BCUT2D eigenvalue weighted by Crippen LogP contribution is 2.31. The molecule has 4 unspecified atom stereocenters. The van der Waals surface area contributed by atoms with Crippen LogP contribution in [0.15, 0.2) is 0 Å². The molecule has 0 spiro atoms. The van der Waals surface area contributed by atoms with Gasteiger partial charge in [-0.3, -0.25) is 5.32 Å². The summed E-state index contributed by atoms with van der Waals surface area (Å²) in [5.41, 5.74) is -0.353. The van der Waals surface area contributed by atoms with Crippen molar-refractivity contribution in [3.8, 4) is 6.07 Å². The fraction of sp³-hybridized carbons (Fsp3) is 0.944. The maximum atomic E-state index is 9.46. The lowest BCUT2D eigenvalue weighted by molar-refractivity contribution is -0.000331. The second-order valence-electron chi connectivity index (χ2n) is 6.84. The van der Waals surface area contributed by atoms with Crippen molar-refractivity contribution < 1.29 is 4.74 Å². The summed E-state index contributed by atoms with van der Waals surface area (Å²) in [6, 6.07) is 2.48. The van der Waals surface area contributed by atoms with Crippen molar-refractivity contribution >= 4 is 0 Å². The summed E-state index contributed by atoms with van der Waals surface area (Å²) in [6.45, 7) is 10.6. The van der Waals surface area contributed by atoms with Gasteiger partial charge in [-0.1, -0.05) is 27.7 Å². The van der Waals surface area contributed by atoms with Gasteiger partial charge in [-0.25, -0.2) is 0 Å². The highest BCUT2D eigenvalue weighted by molar-refractivity contribution is 5.06. The van der Waals surface area contributed by atoms with E-state index in [1.165, 1.54) is 19.3 Å². The molecule has 122 valence electrons. The van der Waals surface area contributed by atoms with Crippen molar-refractivity contribution in [3.63, 3.8) is 0 Å². The zero-order chi connectivity index (χ0) is 15.7. The molecule has 3 heteroatoms. The first-order valence-electron chi connectivity index (χ1n) is 8.84. The summed E-state index contributed by atoms with van der Waals surface area (Å²) in [5, 5.41) is 12.9. The van der Waals surface area contributed by atoms with Crippen LogP contribution in [0.4, 0.5) is 0 Å². The molecule has 0 aromatic carbocycles. The summed E-state index contributed by atoms with van der Waals surface area (Å²) in [5.74, 6) is 1.62. The fourth-order valence-electron chi connectivity index (χ4n) is 3.20. The standard InChI is InChI=1S/C18H34N2O/c1-5-11-20-18(6-2,14-19)10-7-12-21-17-9-8-15(3)16(4)13-17/h15-17,20H,5-13H2,1-4H3. The lowest BCUT2D eigenvalue weighted by Gasteiger charge is -2.32. The van der Waals surface area contributed by atoms with Crippen molar-refractivity contribution in [3.05, 3.63) is 0 Å². The van der Waals surface area contributed by atoms with Gasteiger partial charge in [0.25, 0.3) is 0 Å². The van der Waals surface area contributed by atoms with Gasteiger partial charge in [0.1, 0.15) is 5.54 Å². The second-order valence-corrected chi connectivity index (χ2v) is 6.84. The first-order valence-corrected chi connectivity index (χ1v) is 8.84. The van der Waals surface area contributed by atoms with Crippen molar-refractivity contribution in [1.82, 2.24) is 5.32 Å². The minimum Gasteiger partial charge on any atom is -0.378 e. The first-order chi connectivity index (χ1) is 10.1. The lowest BCUT2D eigenvalue weighted by Crippen LogP contribution is -2.44. The Morgan fingerprint density at radius 2 is 2.00 bits per heavy atom. The maximum Gasteiger partial charge on any atom is 0.106 e. The summed E-state index contributed by atoms with van der Waals surface area (Å²) in [7, 11) is 0. The van der Waals surface area contributed by atoms with E-state index in [1.807, 2.05) is 0 Å². The average molecular weight is 294 g/mol. The van der Waals surface area contributed by atoms with E-state index >= 15 is 0 Å². The van der Waals surface area contributed by atoms with E-state index in [1.54, 1.807) is 0 Å². The van der Waals surface area contributed by atoms with E-state index in [9.17, 15) is 5.26 Å². The fourth-order valence-corrected chi connectivity index (χ4v) is 3.20. The van der Waals surface area contributed by atoms with E-state index in [-0.39, 0.29) is 5.54 Å². The molecule has 0 aromatic heterocycles. The van der Waals surface area contributed by atoms with Crippen LogP contribution >= 0.6 is 0 Å². The van der Waals surface area contributed by atoms with Crippen LogP contribution in [-0.2, 0) is 4.74 Å². The molecule has 0 bridgehead atoms. The van der Waals surface area contributed by atoms with Gasteiger partial charge in [0, 0.05) is 6.61 Å². The predicted molar refractivity (Wildman–Crippen MR) is 88.1 cm³/mol. The molecule has 0 heterocycles. The molecule has 0 radical (unpaired) electrons. The molecule has 1 saturated carbocycles. The van der Waals surface area contributed by atoms with E-state index in [4.69, 9.17) is 4.74 Å². The number of nitrogens with zero attached hydrogens (tertiary/aromatic N) is 1. The highest BCUT2D eigenvalue weighted by atomic mass is 16.5. The summed E-state index contributed by atoms with van der Waals surface area (Å²) in [6.07, 6.45) is 7.93. The summed E-state index contributed by atoms with van der Waals surface area (Å²) >= 11 is 0. The number of ether oxygens (including phenoxy) is 1. The summed E-state index contributed by atoms with van der Waals surface area (Å²) < 4.78 is 6.05. The van der Waals surface area contributed by atoms with Crippen LogP contribution in [0.3, 0.4) is 0 Å². The Hall–Kier alpha value is -0.590. The Balaban J connectivity index is 2.27. The Morgan fingerprint density at radius 1 is 1.24 bits per heavy atom. The normalized spacial score (nSPS) is 28.8. The van der Waals surface area contributed by atoms with Crippen molar-refractivity contribution in [2.24, 2.45) is 11.8 Å². The average Bonchev–Trinajstić information content (AvgIpc) is 2.50. The van der Waals surface area contributed by atoms with Gasteiger partial charge >= 0.3 is 0 Å². The zero-order valence-electron chi connectivity index (χ0n) is 14.5. The van der Waals surface area contributed by atoms with Gasteiger partial charge < -0.3 is 4.74 Å². The minimum atomic E-state index is -0.353. The monoisotopic (exact) mass is 294 g/mol. The topological polar surface area (TPSA) is 45.0 Å². The number of nitrogens with one attached hydrogen (secondary N) is 1. The third-order valence-corrected chi connectivity index (χ3v) is 5.18. The number of hydrogen-bond donors (Lipinski definition) is 1. The van der Waals surface area contributed by atoms with E-state index in [2.05, 4.69) is 39.1 Å².